The summed E-state index contributed by atoms with van der Waals surface area (Å²) in [4.78, 5) is 14.9. The Balaban J connectivity index is 2.48. The number of ether oxygens (including phenoxy) is 1. The molecule has 1 aliphatic heterocycles. The molecular weight excluding hydrogens is 185 g/mol. The van der Waals surface area contributed by atoms with Crippen LogP contribution in [0.4, 0.5) is 4.39 Å². The molecular formula is C10H8FNO2. The number of aliphatic imine (C=N–C) groups is 1. The van der Waals surface area contributed by atoms with Gasteiger partial charge >= 0.3 is 0 Å². The lowest BCUT2D eigenvalue weighted by Crippen LogP contribution is -2.20. The van der Waals surface area contributed by atoms with Crippen molar-refractivity contribution in [1.29, 1.82) is 0 Å². The summed E-state index contributed by atoms with van der Waals surface area (Å²) in [7, 11) is 1.49. The molecule has 1 aliphatic carbocycles. The normalized spacial score (nSPS) is 24.9. The zero-order chi connectivity index (χ0) is 10.1. The molecule has 2 rings (SSSR count). The number of allylic oxidation sites excluding steroid dienone is 4. The number of carbonyl (C=O) groups excluding carboxylic acids is 1. The molecule has 1 amide bonds. The van der Waals surface area contributed by atoms with Gasteiger partial charge in [-0.25, -0.2) is 9.38 Å². The van der Waals surface area contributed by atoms with Crippen molar-refractivity contribution < 1.29 is 13.9 Å². The summed E-state index contributed by atoms with van der Waals surface area (Å²) in [5.74, 6) is -0.894. The first-order chi connectivity index (χ1) is 6.72. The summed E-state index contributed by atoms with van der Waals surface area (Å²) in [5, 5.41) is 0. The Bertz CT molecular complexity index is 404. The number of fused-ring (bicyclic) bond motifs is 1. The second-order valence-corrected chi connectivity index (χ2v) is 2.98. The third kappa shape index (κ3) is 1.28. The number of methoxy groups -OCH3 is 1. The van der Waals surface area contributed by atoms with Gasteiger partial charge in [-0.1, -0.05) is 6.08 Å². The van der Waals surface area contributed by atoms with Gasteiger partial charge in [0.05, 0.1) is 19.2 Å². The lowest BCUT2D eigenvalue weighted by molar-refractivity contribution is -0.119. The van der Waals surface area contributed by atoms with E-state index in [0.717, 1.165) is 0 Å². The average Bonchev–Trinajstić information content (AvgIpc) is 2.19. The van der Waals surface area contributed by atoms with Crippen LogP contribution in [-0.4, -0.2) is 19.2 Å². The van der Waals surface area contributed by atoms with Gasteiger partial charge in [-0.2, -0.15) is 0 Å². The van der Waals surface area contributed by atoms with Crippen molar-refractivity contribution >= 4 is 12.1 Å². The predicted molar refractivity (Wildman–Crippen MR) is 49.4 cm³/mol. The fourth-order valence-electron chi connectivity index (χ4n) is 1.46. The van der Waals surface area contributed by atoms with E-state index in [0.29, 0.717) is 11.3 Å². The van der Waals surface area contributed by atoms with Gasteiger partial charge < -0.3 is 4.74 Å². The van der Waals surface area contributed by atoms with Crippen LogP contribution in [0.1, 0.15) is 0 Å². The molecule has 0 N–H and O–H groups in total. The SMILES string of the molecule is COC1=C2C=CC(F)=CC2C(=O)N=C1. The molecule has 0 fully saturated rings. The lowest BCUT2D eigenvalue weighted by Gasteiger charge is -2.19. The number of hydrogen-bond donors (Lipinski definition) is 0. The van der Waals surface area contributed by atoms with Crippen LogP contribution in [-0.2, 0) is 9.53 Å². The average molecular weight is 193 g/mol. The zero-order valence-corrected chi connectivity index (χ0v) is 7.53. The molecule has 0 saturated carbocycles. The molecule has 0 aromatic rings. The molecule has 0 aromatic carbocycles. The number of hydrogen-bond acceptors (Lipinski definition) is 2. The number of halogens is 1. The molecule has 14 heavy (non-hydrogen) atoms. The van der Waals surface area contributed by atoms with E-state index in [9.17, 15) is 9.18 Å². The van der Waals surface area contributed by atoms with Gasteiger partial charge in [-0.15, -0.1) is 0 Å². The minimum absolute atomic E-state index is 0.361. The predicted octanol–water partition coefficient (Wildman–Crippen LogP) is 1.54. The fourth-order valence-corrected chi connectivity index (χ4v) is 1.46. The molecule has 0 aromatic heterocycles. The second-order valence-electron chi connectivity index (χ2n) is 2.98. The van der Waals surface area contributed by atoms with Crippen LogP contribution in [0.5, 0.6) is 0 Å². The van der Waals surface area contributed by atoms with E-state index in [1.165, 1.54) is 25.5 Å². The van der Waals surface area contributed by atoms with E-state index < -0.39 is 11.7 Å². The number of dihydropyridines is 1. The van der Waals surface area contributed by atoms with Gasteiger partial charge in [-0.3, -0.25) is 4.79 Å². The van der Waals surface area contributed by atoms with Crippen LogP contribution in [0, 0.1) is 5.92 Å². The van der Waals surface area contributed by atoms with Crippen LogP contribution < -0.4 is 0 Å². The van der Waals surface area contributed by atoms with Crippen LogP contribution >= 0.6 is 0 Å². The van der Waals surface area contributed by atoms with Crippen LogP contribution in [0.3, 0.4) is 0 Å². The van der Waals surface area contributed by atoms with Gasteiger partial charge in [-0.05, 0) is 12.2 Å². The highest BCUT2D eigenvalue weighted by molar-refractivity contribution is 5.99. The number of carbonyl (C=O) groups is 1. The topological polar surface area (TPSA) is 38.7 Å². The van der Waals surface area contributed by atoms with Crippen molar-refractivity contribution in [3.05, 3.63) is 35.4 Å². The maximum absolute atomic E-state index is 12.9. The molecule has 2 aliphatic rings. The molecule has 72 valence electrons. The van der Waals surface area contributed by atoms with Gasteiger partial charge in [0.1, 0.15) is 11.6 Å². The summed E-state index contributed by atoms with van der Waals surface area (Å²) in [5.41, 5.74) is 0.661. The molecule has 1 unspecified atom stereocenters. The smallest absolute Gasteiger partial charge is 0.257 e. The van der Waals surface area contributed by atoms with Crippen LogP contribution in [0.15, 0.2) is 40.4 Å². The quantitative estimate of drug-likeness (QED) is 0.633. The van der Waals surface area contributed by atoms with E-state index in [4.69, 9.17) is 4.74 Å². The molecule has 0 spiro atoms. The lowest BCUT2D eigenvalue weighted by atomic mass is 9.91. The first-order valence-corrected chi connectivity index (χ1v) is 4.14. The van der Waals surface area contributed by atoms with Crippen molar-refractivity contribution in [1.82, 2.24) is 0 Å². The maximum Gasteiger partial charge on any atom is 0.257 e. The standard InChI is InChI=1S/C10H8FNO2/c1-14-9-5-12-10(13)8-4-6(11)2-3-7(8)9/h2-5,8H,1H3. The highest BCUT2D eigenvalue weighted by atomic mass is 19.1. The highest BCUT2D eigenvalue weighted by Gasteiger charge is 2.28. The van der Waals surface area contributed by atoms with Gasteiger partial charge in [0.2, 0.25) is 0 Å². The van der Waals surface area contributed by atoms with Gasteiger partial charge in [0.15, 0.2) is 0 Å². The van der Waals surface area contributed by atoms with Crippen LogP contribution in [0.2, 0.25) is 0 Å². The maximum atomic E-state index is 12.9. The summed E-state index contributed by atoms with van der Waals surface area (Å²) >= 11 is 0. The van der Waals surface area contributed by atoms with Gasteiger partial charge in [0.25, 0.3) is 5.91 Å². The zero-order valence-electron chi connectivity index (χ0n) is 7.53. The van der Waals surface area contributed by atoms with E-state index in [2.05, 4.69) is 4.99 Å². The Morgan fingerprint density at radius 1 is 1.50 bits per heavy atom. The third-order valence-electron chi connectivity index (χ3n) is 2.16. The molecule has 0 saturated heterocycles. The Kier molecular flexibility index (Phi) is 2.04. The molecule has 1 atom stereocenters. The Morgan fingerprint density at radius 2 is 2.29 bits per heavy atom. The van der Waals surface area contributed by atoms with E-state index in [1.807, 2.05) is 0 Å². The largest absolute Gasteiger partial charge is 0.495 e. The van der Waals surface area contributed by atoms with Crippen LogP contribution in [0.25, 0.3) is 0 Å². The third-order valence-corrected chi connectivity index (χ3v) is 2.16. The van der Waals surface area contributed by atoms with E-state index in [1.54, 1.807) is 6.08 Å². The number of rotatable bonds is 1. The van der Waals surface area contributed by atoms with Crippen molar-refractivity contribution in [2.45, 2.75) is 0 Å². The molecule has 1 heterocycles. The monoisotopic (exact) mass is 193 g/mol. The summed E-state index contributed by atoms with van der Waals surface area (Å²) in [6.07, 6.45) is 5.45. The minimum atomic E-state index is -0.625. The van der Waals surface area contributed by atoms with E-state index in [-0.39, 0.29) is 5.91 Å². The highest BCUT2D eigenvalue weighted by Crippen LogP contribution is 2.29. The Hall–Kier alpha value is -1.71. The fraction of sp³-hybridized carbons (Fsp3) is 0.200. The molecule has 3 nitrogen and oxygen atoms in total. The summed E-state index contributed by atoms with van der Waals surface area (Å²) in [6.45, 7) is 0. The van der Waals surface area contributed by atoms with Crippen molar-refractivity contribution in [3.63, 3.8) is 0 Å². The number of nitrogens with zero attached hydrogens (tertiary/aromatic N) is 1. The van der Waals surface area contributed by atoms with Crippen molar-refractivity contribution in [3.8, 4) is 0 Å². The van der Waals surface area contributed by atoms with Crippen molar-refractivity contribution in [2.24, 2.45) is 10.9 Å². The first-order valence-electron chi connectivity index (χ1n) is 4.14. The number of amides is 1. The van der Waals surface area contributed by atoms with Crippen molar-refractivity contribution in [2.75, 3.05) is 7.11 Å². The summed E-state index contributed by atoms with van der Waals surface area (Å²) in [6, 6.07) is 0. The first kappa shape index (κ1) is 8.87. The molecule has 4 heteroatoms. The molecule has 0 bridgehead atoms. The Morgan fingerprint density at radius 3 is 3.00 bits per heavy atom. The Labute approximate surface area is 80.3 Å². The van der Waals surface area contributed by atoms with E-state index >= 15 is 0 Å². The molecule has 0 radical (unpaired) electrons. The minimum Gasteiger partial charge on any atom is -0.495 e. The van der Waals surface area contributed by atoms with Gasteiger partial charge in [0, 0.05) is 5.57 Å². The summed E-state index contributed by atoms with van der Waals surface area (Å²) < 4.78 is 17.9. The second kappa shape index (κ2) is 3.21.